The van der Waals surface area contributed by atoms with Gasteiger partial charge in [-0.1, -0.05) is 48.6 Å². The van der Waals surface area contributed by atoms with Gasteiger partial charge in [-0.3, -0.25) is 24.5 Å². The fourth-order valence-electron chi connectivity index (χ4n) is 3.16. The summed E-state index contributed by atoms with van der Waals surface area (Å²) < 4.78 is 31.5. The maximum absolute atomic E-state index is 13.1. The van der Waals surface area contributed by atoms with Crippen LogP contribution in [0.1, 0.15) is 13.3 Å². The summed E-state index contributed by atoms with van der Waals surface area (Å²) in [6.07, 6.45) is 0.995. The first-order valence-corrected chi connectivity index (χ1v) is 12.3. The third kappa shape index (κ3) is 5.43. The number of hydrogen-bond donors (Lipinski definition) is 1. The van der Waals surface area contributed by atoms with E-state index < -0.39 is 26.9 Å². The lowest BCUT2D eigenvalue weighted by molar-refractivity contribution is -0.384. The Kier molecular flexibility index (Phi) is 7.23. The van der Waals surface area contributed by atoms with Gasteiger partial charge < -0.3 is 4.74 Å². The average Bonchev–Trinajstić information content (AvgIpc) is 3.25. The fraction of sp³-hybridized carbons (Fsp3) is 0.250. The van der Waals surface area contributed by atoms with Gasteiger partial charge in [0.1, 0.15) is 22.5 Å². The number of benzene rings is 2. The number of anilines is 2. The number of rotatable bonds is 9. The molecule has 0 aliphatic carbocycles. The summed E-state index contributed by atoms with van der Waals surface area (Å²) in [4.78, 5) is 23.7. The van der Waals surface area contributed by atoms with Crippen molar-refractivity contribution in [2.75, 3.05) is 23.0 Å². The number of nitrogens with zero attached hydrogens (tertiary/aromatic N) is 4. The summed E-state index contributed by atoms with van der Waals surface area (Å²) in [7, 11) is -2.74. The highest BCUT2D eigenvalue weighted by Gasteiger charge is 2.35. The molecule has 0 saturated heterocycles. The lowest BCUT2D eigenvalue weighted by Crippen LogP contribution is -2.47. The quantitative estimate of drug-likeness (QED) is 0.354. The molecule has 0 aliphatic heterocycles. The molecule has 1 N–H and O–H groups in total. The van der Waals surface area contributed by atoms with Crippen LogP contribution >= 0.6 is 11.3 Å². The smallest absolute Gasteiger partial charge is 0.271 e. The van der Waals surface area contributed by atoms with Crippen LogP contribution in [0.2, 0.25) is 0 Å². The van der Waals surface area contributed by atoms with Crippen LogP contribution in [0, 0.1) is 10.1 Å². The lowest BCUT2D eigenvalue weighted by atomic mass is 10.1. The molecule has 1 amide bonds. The monoisotopic (exact) mass is 491 g/mol. The van der Waals surface area contributed by atoms with Gasteiger partial charge in [0, 0.05) is 17.7 Å². The van der Waals surface area contributed by atoms with Gasteiger partial charge in [0.25, 0.3) is 5.69 Å². The number of aromatic nitrogens is 2. The van der Waals surface area contributed by atoms with Crippen LogP contribution in [0.25, 0.3) is 10.6 Å². The maximum atomic E-state index is 13.1. The molecule has 0 spiro atoms. The molecule has 174 valence electrons. The Balaban J connectivity index is 1.96. The summed E-state index contributed by atoms with van der Waals surface area (Å²) >= 11 is 1.14. The Morgan fingerprint density at radius 3 is 2.52 bits per heavy atom. The van der Waals surface area contributed by atoms with Crippen LogP contribution in [0.15, 0.2) is 48.5 Å². The number of nitrogens with one attached hydrogen (secondary N) is 1. The molecule has 11 nitrogen and oxygen atoms in total. The molecular formula is C20H21N5O6S2. The van der Waals surface area contributed by atoms with E-state index in [9.17, 15) is 23.3 Å². The van der Waals surface area contributed by atoms with Crippen molar-refractivity contribution < 1.29 is 22.9 Å². The van der Waals surface area contributed by atoms with Crippen LogP contribution < -0.4 is 14.4 Å². The van der Waals surface area contributed by atoms with E-state index in [1.54, 1.807) is 6.92 Å². The summed E-state index contributed by atoms with van der Waals surface area (Å²) in [5.41, 5.74) is 0.367. The molecule has 1 heterocycles. The predicted octanol–water partition coefficient (Wildman–Crippen LogP) is 3.31. The highest BCUT2D eigenvalue weighted by molar-refractivity contribution is 7.92. The molecular weight excluding hydrogens is 470 g/mol. The zero-order valence-electron chi connectivity index (χ0n) is 18.0. The number of non-ortho nitro benzene ring substituents is 1. The second-order valence-electron chi connectivity index (χ2n) is 6.86. The van der Waals surface area contributed by atoms with E-state index in [4.69, 9.17) is 4.74 Å². The van der Waals surface area contributed by atoms with Crippen molar-refractivity contribution in [1.29, 1.82) is 0 Å². The van der Waals surface area contributed by atoms with Crippen molar-refractivity contribution in [2.24, 2.45) is 0 Å². The standard InChI is InChI=1S/C20H21N5O6S2/c1-4-15(18(26)21-20-23-22-19(32-20)13-8-6-5-7-9-13)24(33(3,29)30)16-12-14(25(27)28)10-11-17(16)31-2/h5-12,15H,4H2,1-3H3,(H,21,23,26)/t15-/m0/s1. The molecule has 1 aromatic heterocycles. The summed E-state index contributed by atoms with van der Waals surface area (Å²) in [5, 5.41) is 22.7. The number of nitro benzene ring substituents is 1. The third-order valence-corrected chi connectivity index (χ3v) is 6.67. The number of carbonyl (C=O) groups excluding carboxylic acids is 1. The van der Waals surface area contributed by atoms with E-state index in [-0.39, 0.29) is 28.7 Å². The zero-order valence-corrected chi connectivity index (χ0v) is 19.6. The molecule has 3 aromatic rings. The zero-order chi connectivity index (χ0) is 24.2. The topological polar surface area (TPSA) is 145 Å². The van der Waals surface area contributed by atoms with Crippen molar-refractivity contribution in [3.63, 3.8) is 0 Å². The minimum Gasteiger partial charge on any atom is -0.495 e. The van der Waals surface area contributed by atoms with Gasteiger partial charge >= 0.3 is 0 Å². The summed E-state index contributed by atoms with van der Waals surface area (Å²) in [5.74, 6) is -0.591. The molecule has 13 heteroatoms. The van der Waals surface area contributed by atoms with E-state index in [0.717, 1.165) is 33.5 Å². The molecule has 0 aliphatic rings. The van der Waals surface area contributed by atoms with Gasteiger partial charge in [-0.05, 0) is 12.5 Å². The van der Waals surface area contributed by atoms with Crippen molar-refractivity contribution >= 4 is 43.8 Å². The second kappa shape index (κ2) is 9.92. The number of hydrogen-bond acceptors (Lipinski definition) is 9. The molecule has 1 atom stereocenters. The first kappa shape index (κ1) is 24.1. The van der Waals surface area contributed by atoms with E-state index >= 15 is 0 Å². The molecule has 0 fully saturated rings. The lowest BCUT2D eigenvalue weighted by Gasteiger charge is -2.30. The van der Waals surface area contributed by atoms with E-state index in [0.29, 0.717) is 5.01 Å². The number of methoxy groups -OCH3 is 1. The summed E-state index contributed by atoms with van der Waals surface area (Å²) in [6, 6.07) is 11.6. The van der Waals surface area contributed by atoms with Crippen molar-refractivity contribution in [2.45, 2.75) is 19.4 Å². The first-order chi connectivity index (χ1) is 15.7. The van der Waals surface area contributed by atoms with Crippen molar-refractivity contribution in [3.8, 4) is 16.3 Å². The van der Waals surface area contributed by atoms with Gasteiger partial charge in [0.05, 0.1) is 18.3 Å². The highest BCUT2D eigenvalue weighted by atomic mass is 32.2. The van der Waals surface area contributed by atoms with Crippen molar-refractivity contribution in [3.05, 3.63) is 58.6 Å². The average molecular weight is 492 g/mol. The second-order valence-corrected chi connectivity index (χ2v) is 9.70. The van der Waals surface area contributed by atoms with Crippen LogP contribution in [0.3, 0.4) is 0 Å². The number of sulfonamides is 1. The Bertz CT molecular complexity index is 1260. The Hall–Kier alpha value is -3.58. The highest BCUT2D eigenvalue weighted by Crippen LogP contribution is 2.36. The van der Waals surface area contributed by atoms with E-state index in [1.165, 1.54) is 19.2 Å². The maximum Gasteiger partial charge on any atom is 0.271 e. The number of amides is 1. The van der Waals surface area contributed by atoms with E-state index in [2.05, 4.69) is 15.5 Å². The minimum absolute atomic E-state index is 0.0690. The van der Waals surface area contributed by atoms with Crippen LogP contribution in [0.4, 0.5) is 16.5 Å². The number of carbonyl (C=O) groups is 1. The molecule has 3 rings (SSSR count). The number of nitro groups is 1. The Morgan fingerprint density at radius 2 is 1.94 bits per heavy atom. The molecule has 0 unspecified atom stereocenters. The first-order valence-electron chi connectivity index (χ1n) is 9.67. The van der Waals surface area contributed by atoms with Gasteiger partial charge in [-0.25, -0.2) is 8.42 Å². The fourth-order valence-corrected chi connectivity index (χ4v) is 5.12. The predicted molar refractivity (Wildman–Crippen MR) is 125 cm³/mol. The van der Waals surface area contributed by atoms with Crippen molar-refractivity contribution in [1.82, 2.24) is 10.2 Å². The molecule has 2 aromatic carbocycles. The van der Waals surface area contributed by atoms with Crippen LogP contribution in [-0.4, -0.2) is 48.9 Å². The van der Waals surface area contributed by atoms with Crippen LogP contribution in [-0.2, 0) is 14.8 Å². The van der Waals surface area contributed by atoms with Gasteiger partial charge in [0.15, 0.2) is 0 Å². The van der Waals surface area contributed by atoms with Gasteiger partial charge in [-0.2, -0.15) is 0 Å². The van der Waals surface area contributed by atoms with Gasteiger partial charge in [0.2, 0.25) is 21.1 Å². The Morgan fingerprint density at radius 1 is 1.24 bits per heavy atom. The molecule has 0 saturated carbocycles. The van der Waals surface area contributed by atoms with Gasteiger partial charge in [-0.15, -0.1) is 10.2 Å². The third-order valence-electron chi connectivity index (χ3n) is 4.62. The largest absolute Gasteiger partial charge is 0.495 e. The van der Waals surface area contributed by atoms with Crippen LogP contribution in [0.5, 0.6) is 5.75 Å². The molecule has 0 bridgehead atoms. The Labute approximate surface area is 194 Å². The molecule has 0 radical (unpaired) electrons. The summed E-state index contributed by atoms with van der Waals surface area (Å²) in [6.45, 7) is 1.63. The minimum atomic E-state index is -4.04. The molecule has 33 heavy (non-hydrogen) atoms. The SMILES string of the molecule is CC[C@@H](C(=O)Nc1nnc(-c2ccccc2)s1)N(c1cc([N+](=O)[O-])ccc1OC)S(C)(=O)=O. The normalized spacial score (nSPS) is 12.1. The van der Waals surface area contributed by atoms with E-state index in [1.807, 2.05) is 30.3 Å². The number of ether oxygens (including phenoxy) is 1.